The molecule has 0 spiro atoms. The van der Waals surface area contributed by atoms with Crippen LogP contribution in [0.15, 0.2) is 18.2 Å². The molecule has 0 saturated heterocycles. The minimum Gasteiger partial charge on any atom is -0.388 e. The van der Waals surface area contributed by atoms with Crippen LogP contribution in [0.5, 0.6) is 0 Å². The summed E-state index contributed by atoms with van der Waals surface area (Å²) in [5, 5.41) is 13.2. The van der Waals surface area contributed by atoms with Gasteiger partial charge in [-0.25, -0.2) is 0 Å². The second-order valence-electron chi connectivity index (χ2n) is 6.70. The van der Waals surface area contributed by atoms with Crippen LogP contribution in [0.4, 0.5) is 0 Å². The number of aryl methyl sites for hydroxylation is 2. The van der Waals surface area contributed by atoms with E-state index in [1.54, 1.807) is 0 Å². The molecule has 0 bridgehead atoms. The third-order valence-corrected chi connectivity index (χ3v) is 4.93. The number of carbonyl (C=O) groups excluding carboxylic acids is 1. The lowest BCUT2D eigenvalue weighted by Crippen LogP contribution is -2.41. The van der Waals surface area contributed by atoms with E-state index < -0.39 is 5.60 Å². The van der Waals surface area contributed by atoms with Crippen molar-refractivity contribution in [3.05, 3.63) is 34.9 Å². The molecular formula is C18H25NO2. The molecule has 0 aliphatic heterocycles. The third kappa shape index (κ3) is 3.65. The van der Waals surface area contributed by atoms with Crippen molar-refractivity contribution < 1.29 is 9.90 Å². The predicted molar refractivity (Wildman–Crippen MR) is 83.2 cm³/mol. The zero-order valence-electron chi connectivity index (χ0n) is 12.7. The molecule has 3 nitrogen and oxygen atoms in total. The lowest BCUT2D eigenvalue weighted by Gasteiger charge is -2.22. The van der Waals surface area contributed by atoms with E-state index in [2.05, 4.69) is 23.5 Å². The van der Waals surface area contributed by atoms with E-state index >= 15 is 0 Å². The first-order chi connectivity index (χ1) is 10.1. The first-order valence-electron chi connectivity index (χ1n) is 8.24. The molecule has 1 aromatic rings. The quantitative estimate of drug-likeness (QED) is 0.894. The van der Waals surface area contributed by atoms with Gasteiger partial charge in [0.15, 0.2) is 0 Å². The molecule has 0 atom stereocenters. The van der Waals surface area contributed by atoms with Crippen molar-refractivity contribution in [2.24, 2.45) is 0 Å². The summed E-state index contributed by atoms with van der Waals surface area (Å²) in [5.41, 5.74) is 3.30. The van der Waals surface area contributed by atoms with Crippen molar-refractivity contribution in [1.29, 1.82) is 0 Å². The molecule has 2 N–H and O–H groups in total. The molecule has 2 aliphatic rings. The Hall–Kier alpha value is -1.35. The maximum absolute atomic E-state index is 12.1. The van der Waals surface area contributed by atoms with Gasteiger partial charge in [0.25, 0.3) is 0 Å². The Morgan fingerprint density at radius 1 is 1.10 bits per heavy atom. The number of rotatable bonds is 4. The van der Waals surface area contributed by atoms with Crippen LogP contribution in [-0.2, 0) is 24.1 Å². The SMILES string of the molecule is O=C(Cc1ccc2c(c1)CCCC2)NCC1(O)CCCC1. The number of aliphatic hydroxyl groups is 1. The summed E-state index contributed by atoms with van der Waals surface area (Å²) in [6.45, 7) is 0.400. The molecule has 0 unspecified atom stereocenters. The van der Waals surface area contributed by atoms with E-state index in [1.807, 2.05) is 0 Å². The highest BCUT2D eigenvalue weighted by Crippen LogP contribution is 2.28. The van der Waals surface area contributed by atoms with Crippen LogP contribution in [0, 0.1) is 0 Å². The molecule has 0 radical (unpaired) electrons. The summed E-state index contributed by atoms with van der Waals surface area (Å²) in [5.74, 6) is 0.0195. The molecular weight excluding hydrogens is 262 g/mol. The molecule has 3 rings (SSSR count). The van der Waals surface area contributed by atoms with Crippen LogP contribution < -0.4 is 5.32 Å². The number of fused-ring (bicyclic) bond motifs is 1. The molecule has 21 heavy (non-hydrogen) atoms. The molecule has 1 aromatic carbocycles. The van der Waals surface area contributed by atoms with E-state index in [0.29, 0.717) is 13.0 Å². The Balaban J connectivity index is 1.55. The first-order valence-corrected chi connectivity index (χ1v) is 8.24. The van der Waals surface area contributed by atoms with E-state index in [0.717, 1.165) is 37.7 Å². The topological polar surface area (TPSA) is 49.3 Å². The molecule has 0 heterocycles. The van der Waals surface area contributed by atoms with Gasteiger partial charge < -0.3 is 10.4 Å². The van der Waals surface area contributed by atoms with Crippen LogP contribution in [0.25, 0.3) is 0 Å². The molecule has 2 aliphatic carbocycles. The Kier molecular flexibility index (Phi) is 4.29. The van der Waals surface area contributed by atoms with Gasteiger partial charge in [0.1, 0.15) is 0 Å². The van der Waals surface area contributed by atoms with Gasteiger partial charge in [0, 0.05) is 6.54 Å². The van der Waals surface area contributed by atoms with E-state index in [9.17, 15) is 9.90 Å². The Morgan fingerprint density at radius 3 is 2.57 bits per heavy atom. The molecule has 114 valence electrons. The van der Waals surface area contributed by atoms with E-state index in [4.69, 9.17) is 0 Å². The number of hydrogen-bond acceptors (Lipinski definition) is 2. The highest BCUT2D eigenvalue weighted by atomic mass is 16.3. The van der Waals surface area contributed by atoms with Crippen molar-refractivity contribution in [2.75, 3.05) is 6.54 Å². The Morgan fingerprint density at radius 2 is 1.81 bits per heavy atom. The first kappa shape index (κ1) is 14.6. The van der Waals surface area contributed by atoms with Gasteiger partial charge in [-0.15, -0.1) is 0 Å². The van der Waals surface area contributed by atoms with Crippen LogP contribution in [0.1, 0.15) is 55.2 Å². The van der Waals surface area contributed by atoms with Crippen molar-refractivity contribution in [3.8, 4) is 0 Å². The molecule has 1 fully saturated rings. The zero-order chi connectivity index (χ0) is 14.7. The van der Waals surface area contributed by atoms with Crippen molar-refractivity contribution in [1.82, 2.24) is 5.32 Å². The van der Waals surface area contributed by atoms with Crippen LogP contribution in [-0.4, -0.2) is 23.2 Å². The fourth-order valence-corrected chi connectivity index (χ4v) is 3.62. The summed E-state index contributed by atoms with van der Waals surface area (Å²) in [6.07, 6.45) is 9.04. The summed E-state index contributed by atoms with van der Waals surface area (Å²) in [6, 6.07) is 6.45. The number of benzene rings is 1. The fraction of sp³-hybridized carbons (Fsp3) is 0.611. The lowest BCUT2D eigenvalue weighted by molar-refractivity contribution is -0.121. The van der Waals surface area contributed by atoms with Crippen LogP contribution >= 0.6 is 0 Å². The fourth-order valence-electron chi connectivity index (χ4n) is 3.62. The minimum atomic E-state index is -0.661. The number of nitrogens with one attached hydrogen (secondary N) is 1. The van der Waals surface area contributed by atoms with Gasteiger partial charge in [0.05, 0.1) is 12.0 Å². The minimum absolute atomic E-state index is 0.0195. The second kappa shape index (κ2) is 6.18. The third-order valence-electron chi connectivity index (χ3n) is 4.93. The summed E-state index contributed by atoms with van der Waals surface area (Å²) < 4.78 is 0. The number of amides is 1. The summed E-state index contributed by atoms with van der Waals surface area (Å²) in [7, 11) is 0. The van der Waals surface area contributed by atoms with Gasteiger partial charge in [-0.3, -0.25) is 4.79 Å². The number of carbonyl (C=O) groups is 1. The standard InChI is InChI=1S/C18H25NO2/c20-17(19-13-18(21)9-3-4-10-18)12-14-7-8-15-5-1-2-6-16(15)11-14/h7-8,11,21H,1-6,9-10,12-13H2,(H,19,20). The highest BCUT2D eigenvalue weighted by Gasteiger charge is 2.31. The van der Waals surface area contributed by atoms with Crippen LogP contribution in [0.2, 0.25) is 0 Å². The monoisotopic (exact) mass is 287 g/mol. The average Bonchev–Trinajstić information content (AvgIpc) is 2.92. The van der Waals surface area contributed by atoms with Crippen molar-refractivity contribution in [2.45, 2.75) is 63.4 Å². The smallest absolute Gasteiger partial charge is 0.224 e. The number of hydrogen-bond donors (Lipinski definition) is 2. The van der Waals surface area contributed by atoms with Gasteiger partial charge in [-0.2, -0.15) is 0 Å². The predicted octanol–water partition coefficient (Wildman–Crippen LogP) is 2.53. The largest absolute Gasteiger partial charge is 0.388 e. The van der Waals surface area contributed by atoms with Crippen molar-refractivity contribution in [3.63, 3.8) is 0 Å². The van der Waals surface area contributed by atoms with Gasteiger partial charge in [-0.05, 0) is 55.2 Å². The highest BCUT2D eigenvalue weighted by molar-refractivity contribution is 5.78. The molecule has 0 aromatic heterocycles. The molecule has 1 saturated carbocycles. The van der Waals surface area contributed by atoms with Gasteiger partial charge in [-0.1, -0.05) is 31.0 Å². The maximum atomic E-state index is 12.1. The van der Waals surface area contributed by atoms with Gasteiger partial charge in [0.2, 0.25) is 5.91 Å². The lowest BCUT2D eigenvalue weighted by atomic mass is 9.90. The van der Waals surface area contributed by atoms with E-state index in [1.165, 1.54) is 30.4 Å². The van der Waals surface area contributed by atoms with Crippen LogP contribution in [0.3, 0.4) is 0 Å². The summed E-state index contributed by atoms with van der Waals surface area (Å²) >= 11 is 0. The molecule has 1 amide bonds. The summed E-state index contributed by atoms with van der Waals surface area (Å²) in [4.78, 5) is 12.1. The van der Waals surface area contributed by atoms with E-state index in [-0.39, 0.29) is 5.91 Å². The van der Waals surface area contributed by atoms with Crippen molar-refractivity contribution >= 4 is 5.91 Å². The zero-order valence-corrected chi connectivity index (χ0v) is 12.7. The molecule has 3 heteroatoms. The average molecular weight is 287 g/mol. The normalized spacial score (nSPS) is 20.0. The van der Waals surface area contributed by atoms with Gasteiger partial charge >= 0.3 is 0 Å². The Labute approximate surface area is 126 Å². The maximum Gasteiger partial charge on any atom is 0.224 e. The second-order valence-corrected chi connectivity index (χ2v) is 6.70. The Bertz CT molecular complexity index is 518.